The van der Waals surface area contributed by atoms with E-state index in [9.17, 15) is 24.0 Å². The minimum atomic E-state index is -1.46. The predicted molar refractivity (Wildman–Crippen MR) is 156 cm³/mol. The van der Waals surface area contributed by atoms with Gasteiger partial charge in [-0.05, 0) is 36.8 Å². The fourth-order valence-electron chi connectivity index (χ4n) is 5.31. The molecule has 5 atom stereocenters. The maximum atomic E-state index is 13.6. The van der Waals surface area contributed by atoms with Gasteiger partial charge >= 0.3 is 23.9 Å². The molecule has 244 valence electrons. The van der Waals surface area contributed by atoms with E-state index < -0.39 is 61.2 Å². The van der Waals surface area contributed by atoms with Gasteiger partial charge in [0.1, 0.15) is 43.0 Å². The van der Waals surface area contributed by atoms with E-state index in [1.165, 1.54) is 25.1 Å². The molecule has 1 fully saturated rings. The van der Waals surface area contributed by atoms with Gasteiger partial charge in [0.2, 0.25) is 17.8 Å². The number of rotatable bonds is 8. The molecule has 2 aromatic carbocycles. The Hall–Kier alpha value is -5.11. The van der Waals surface area contributed by atoms with Crippen molar-refractivity contribution >= 4 is 34.8 Å². The summed E-state index contributed by atoms with van der Waals surface area (Å²) in [6, 6.07) is 9.64. The molecule has 46 heavy (non-hydrogen) atoms. The van der Waals surface area contributed by atoms with E-state index in [1.54, 1.807) is 25.1 Å². The number of carbonyl (C=O) groups excluding carboxylic acids is 4. The Kier molecular flexibility index (Phi) is 9.46. The summed E-state index contributed by atoms with van der Waals surface area (Å²) in [6.45, 7) is 6.62. The molecular weight excluding hydrogens is 608 g/mol. The van der Waals surface area contributed by atoms with Crippen LogP contribution in [0.4, 0.5) is 0 Å². The van der Waals surface area contributed by atoms with E-state index in [1.807, 2.05) is 0 Å². The second-order valence-corrected chi connectivity index (χ2v) is 10.6. The molecule has 0 N–H and O–H groups in total. The van der Waals surface area contributed by atoms with Gasteiger partial charge in [-0.3, -0.25) is 24.0 Å². The molecule has 2 aliphatic rings. The van der Waals surface area contributed by atoms with Gasteiger partial charge in [-0.25, -0.2) is 0 Å². The Labute approximate surface area is 262 Å². The maximum Gasteiger partial charge on any atom is 0.303 e. The van der Waals surface area contributed by atoms with Crippen LogP contribution >= 0.6 is 0 Å². The minimum Gasteiger partial charge on any atom is -0.486 e. The molecule has 1 saturated heterocycles. The summed E-state index contributed by atoms with van der Waals surface area (Å²) in [4.78, 5) is 61.4. The van der Waals surface area contributed by atoms with Crippen molar-refractivity contribution in [2.75, 3.05) is 19.8 Å². The highest BCUT2D eigenvalue weighted by Gasteiger charge is 2.53. The zero-order chi connectivity index (χ0) is 33.1. The lowest BCUT2D eigenvalue weighted by molar-refractivity contribution is -0.288. The lowest BCUT2D eigenvalue weighted by Gasteiger charge is -2.43. The van der Waals surface area contributed by atoms with Crippen LogP contribution < -0.4 is 19.6 Å². The monoisotopic (exact) mass is 640 g/mol. The standard InChI is InChI=1S/C32H32O14/c1-15-27(20-6-9-23-25(12-20)39-11-10-38-23)28(37)22-8-7-21(13-24(22)41-15)45-32-31(44-19(5)36)30(43-18(4)35)29(42-17(3)34)26(46-32)14-40-16(2)33/h6-9,12-13,26,29-32H,10-11,14H2,1-5H3/t26?,29-,30?,31?,32+/m0/s1. The van der Waals surface area contributed by atoms with Crippen molar-refractivity contribution in [2.45, 2.75) is 65.3 Å². The number of carbonyl (C=O) groups is 4. The Balaban J connectivity index is 1.50. The van der Waals surface area contributed by atoms with Crippen LogP contribution in [0.1, 0.15) is 33.5 Å². The van der Waals surface area contributed by atoms with Gasteiger partial charge in [-0.2, -0.15) is 0 Å². The van der Waals surface area contributed by atoms with Crippen molar-refractivity contribution < 1.29 is 61.5 Å². The first-order chi connectivity index (χ1) is 21.9. The van der Waals surface area contributed by atoms with Gasteiger partial charge in [0.25, 0.3) is 0 Å². The summed E-state index contributed by atoms with van der Waals surface area (Å²) in [5.74, 6) is -1.38. The third-order valence-corrected chi connectivity index (χ3v) is 7.07. The van der Waals surface area contributed by atoms with Crippen molar-refractivity contribution in [1.82, 2.24) is 0 Å². The topological polar surface area (TPSA) is 172 Å². The number of fused-ring (bicyclic) bond motifs is 2. The van der Waals surface area contributed by atoms with Crippen molar-refractivity contribution in [2.24, 2.45) is 0 Å². The molecule has 1 aromatic heterocycles. The van der Waals surface area contributed by atoms with Crippen molar-refractivity contribution in [1.29, 1.82) is 0 Å². The van der Waals surface area contributed by atoms with E-state index in [0.717, 1.165) is 20.8 Å². The van der Waals surface area contributed by atoms with Crippen LogP contribution in [-0.2, 0) is 42.9 Å². The second-order valence-electron chi connectivity index (χ2n) is 10.6. The quantitative estimate of drug-likeness (QED) is 0.260. The zero-order valence-corrected chi connectivity index (χ0v) is 25.7. The first-order valence-corrected chi connectivity index (χ1v) is 14.4. The van der Waals surface area contributed by atoms with Gasteiger partial charge < -0.3 is 42.3 Å². The molecule has 3 aromatic rings. The first-order valence-electron chi connectivity index (χ1n) is 14.4. The molecule has 14 heteroatoms. The van der Waals surface area contributed by atoms with Gasteiger partial charge in [0.15, 0.2) is 23.7 Å². The van der Waals surface area contributed by atoms with Gasteiger partial charge in [0.05, 0.1) is 10.9 Å². The first kappa shape index (κ1) is 32.3. The Morgan fingerprint density at radius 1 is 0.783 bits per heavy atom. The minimum absolute atomic E-state index is 0.128. The molecule has 2 aliphatic heterocycles. The molecule has 3 heterocycles. The predicted octanol–water partition coefficient (Wildman–Crippen LogP) is 3.00. The molecular formula is C32H32O14. The highest BCUT2D eigenvalue weighted by Crippen LogP contribution is 2.36. The molecule has 5 rings (SSSR count). The number of aryl methyl sites for hydroxylation is 1. The maximum absolute atomic E-state index is 13.6. The number of ether oxygens (including phenoxy) is 8. The summed E-state index contributed by atoms with van der Waals surface area (Å²) in [6.07, 6.45) is -6.81. The van der Waals surface area contributed by atoms with Crippen LogP contribution in [0.3, 0.4) is 0 Å². The summed E-state index contributed by atoms with van der Waals surface area (Å²) >= 11 is 0. The summed E-state index contributed by atoms with van der Waals surface area (Å²) in [5.41, 5.74) is 0.828. The highest BCUT2D eigenvalue weighted by atomic mass is 16.7. The third-order valence-electron chi connectivity index (χ3n) is 7.07. The van der Waals surface area contributed by atoms with Crippen LogP contribution in [0, 0.1) is 6.92 Å². The number of esters is 4. The van der Waals surface area contributed by atoms with Crippen LogP contribution in [0.25, 0.3) is 22.1 Å². The zero-order valence-electron chi connectivity index (χ0n) is 25.7. The van der Waals surface area contributed by atoms with Gasteiger partial charge in [0, 0.05) is 33.8 Å². The van der Waals surface area contributed by atoms with Crippen LogP contribution in [0.15, 0.2) is 45.6 Å². The van der Waals surface area contributed by atoms with E-state index >= 15 is 0 Å². The lowest BCUT2D eigenvalue weighted by atomic mass is 9.98. The number of hydrogen-bond acceptors (Lipinski definition) is 14. The number of benzene rings is 2. The second kappa shape index (κ2) is 13.5. The van der Waals surface area contributed by atoms with E-state index in [2.05, 4.69) is 0 Å². The molecule has 3 unspecified atom stereocenters. The molecule has 0 radical (unpaired) electrons. The van der Waals surface area contributed by atoms with Crippen molar-refractivity contribution in [3.63, 3.8) is 0 Å². The fraction of sp³-hybridized carbons (Fsp3) is 0.406. The van der Waals surface area contributed by atoms with Crippen LogP contribution in [0.2, 0.25) is 0 Å². The average Bonchev–Trinajstić information content (AvgIpc) is 2.98. The van der Waals surface area contributed by atoms with E-state index in [-0.39, 0.29) is 22.1 Å². The smallest absolute Gasteiger partial charge is 0.303 e. The molecule has 0 amide bonds. The molecule has 0 spiro atoms. The van der Waals surface area contributed by atoms with E-state index in [4.69, 9.17) is 42.3 Å². The summed E-state index contributed by atoms with van der Waals surface area (Å²) in [7, 11) is 0. The Morgan fingerprint density at radius 2 is 1.43 bits per heavy atom. The normalized spacial score (nSPS) is 22.0. The molecule has 0 saturated carbocycles. The Morgan fingerprint density at radius 3 is 2.11 bits per heavy atom. The number of hydrogen-bond donors (Lipinski definition) is 0. The van der Waals surface area contributed by atoms with Gasteiger partial charge in [-0.1, -0.05) is 6.07 Å². The van der Waals surface area contributed by atoms with E-state index in [0.29, 0.717) is 41.6 Å². The van der Waals surface area contributed by atoms with Crippen LogP contribution in [0.5, 0.6) is 17.2 Å². The highest BCUT2D eigenvalue weighted by molar-refractivity contribution is 5.84. The van der Waals surface area contributed by atoms with Crippen LogP contribution in [-0.4, -0.2) is 74.4 Å². The summed E-state index contributed by atoms with van der Waals surface area (Å²) in [5, 5.41) is 0.254. The Bertz CT molecular complexity index is 1730. The van der Waals surface area contributed by atoms with Crippen molar-refractivity contribution in [3.8, 4) is 28.4 Å². The fourth-order valence-corrected chi connectivity index (χ4v) is 5.31. The average molecular weight is 641 g/mol. The molecule has 0 bridgehead atoms. The molecule has 14 nitrogen and oxygen atoms in total. The SMILES string of the molecule is CC(=O)OCC1O[C@@H](Oc2ccc3c(=O)c(-c4ccc5c(c4)OCCO5)c(C)oc3c2)C(OC(C)=O)C(OC(C)=O)[C@H]1OC(C)=O. The lowest BCUT2D eigenvalue weighted by Crippen LogP contribution is -2.63. The molecule has 0 aliphatic carbocycles. The van der Waals surface area contributed by atoms with Gasteiger partial charge in [-0.15, -0.1) is 0 Å². The summed E-state index contributed by atoms with van der Waals surface area (Å²) < 4.78 is 50.7. The largest absolute Gasteiger partial charge is 0.486 e. The van der Waals surface area contributed by atoms with Crippen molar-refractivity contribution in [3.05, 3.63) is 52.4 Å². The third kappa shape index (κ3) is 7.07.